The monoisotopic (exact) mass is 341 g/mol. The van der Waals surface area contributed by atoms with E-state index in [4.69, 9.17) is 25.1 Å². The summed E-state index contributed by atoms with van der Waals surface area (Å²) in [5, 5.41) is 67.3. The summed E-state index contributed by atoms with van der Waals surface area (Å²) in [7, 11) is 0. The van der Waals surface area contributed by atoms with Crippen LogP contribution in [-0.2, 0) is 14.2 Å². The molecule has 2 aliphatic heterocycles. The van der Waals surface area contributed by atoms with Gasteiger partial charge in [0.15, 0.2) is 12.6 Å². The van der Waals surface area contributed by atoms with E-state index in [1.165, 1.54) is 0 Å². The van der Waals surface area contributed by atoms with E-state index in [9.17, 15) is 30.6 Å². The summed E-state index contributed by atoms with van der Waals surface area (Å²) < 4.78 is 15.5. The van der Waals surface area contributed by atoms with Gasteiger partial charge in [-0.3, -0.25) is 0 Å². The van der Waals surface area contributed by atoms with Gasteiger partial charge in [0.05, 0.1) is 19.3 Å². The van der Waals surface area contributed by atoms with Crippen molar-refractivity contribution in [3.63, 3.8) is 0 Å². The minimum atomic E-state index is -1.68. The summed E-state index contributed by atoms with van der Waals surface area (Å²) in [4.78, 5) is 0. The van der Waals surface area contributed by atoms with E-state index in [2.05, 4.69) is 0 Å². The van der Waals surface area contributed by atoms with Gasteiger partial charge < -0.3 is 55.7 Å². The van der Waals surface area contributed by atoms with Crippen molar-refractivity contribution >= 4 is 0 Å². The van der Waals surface area contributed by atoms with Gasteiger partial charge in [-0.15, -0.1) is 0 Å². The Morgan fingerprint density at radius 3 is 1.96 bits per heavy atom. The van der Waals surface area contributed by atoms with Gasteiger partial charge in [0.1, 0.15) is 42.7 Å². The standard InChI is InChI=1S/C12H23NO10/c13-5-7(17)10(4(2-15)21-11(5)20)23-12-9(19)8(18)6(16)3(1-14)22-12/h3-12,14-20H,1-2,13H2/t3-,4-,5-,6-,7-,8+,9+,10-,11+,12-/m1/s1. The van der Waals surface area contributed by atoms with Crippen LogP contribution in [0.2, 0.25) is 0 Å². The van der Waals surface area contributed by atoms with Crippen molar-refractivity contribution in [2.24, 2.45) is 5.73 Å². The van der Waals surface area contributed by atoms with Gasteiger partial charge >= 0.3 is 0 Å². The molecule has 0 amide bonds. The average Bonchev–Trinajstić information content (AvgIpc) is 2.55. The quantitative estimate of drug-likeness (QED) is 0.243. The van der Waals surface area contributed by atoms with Crippen molar-refractivity contribution in [3.05, 3.63) is 0 Å². The lowest BCUT2D eigenvalue weighted by molar-refractivity contribution is -0.344. The smallest absolute Gasteiger partial charge is 0.187 e. The average molecular weight is 341 g/mol. The number of ether oxygens (including phenoxy) is 3. The first kappa shape index (κ1) is 18.9. The van der Waals surface area contributed by atoms with Crippen molar-refractivity contribution in [3.8, 4) is 0 Å². The zero-order valence-electron chi connectivity index (χ0n) is 12.1. The highest BCUT2D eigenvalue weighted by Crippen LogP contribution is 2.27. The number of hydrogen-bond acceptors (Lipinski definition) is 11. The molecule has 2 saturated heterocycles. The second-order valence-electron chi connectivity index (χ2n) is 5.61. The fraction of sp³-hybridized carbons (Fsp3) is 1.00. The van der Waals surface area contributed by atoms with Gasteiger partial charge in [0.2, 0.25) is 0 Å². The summed E-state index contributed by atoms with van der Waals surface area (Å²) in [6.07, 6.45) is -13.0. The van der Waals surface area contributed by atoms with Crippen molar-refractivity contribution in [2.45, 2.75) is 61.3 Å². The van der Waals surface area contributed by atoms with Gasteiger partial charge in [0.25, 0.3) is 0 Å². The molecule has 0 radical (unpaired) electrons. The summed E-state index contributed by atoms with van der Waals surface area (Å²) in [5.74, 6) is 0. The fourth-order valence-corrected chi connectivity index (χ4v) is 2.60. The first-order chi connectivity index (χ1) is 10.8. The van der Waals surface area contributed by atoms with Crippen LogP contribution < -0.4 is 5.73 Å². The molecule has 0 unspecified atom stereocenters. The molecular weight excluding hydrogens is 318 g/mol. The zero-order chi connectivity index (χ0) is 17.3. The molecule has 0 aromatic rings. The van der Waals surface area contributed by atoms with E-state index in [1.807, 2.05) is 0 Å². The molecule has 136 valence electrons. The Bertz CT molecular complexity index is 383. The van der Waals surface area contributed by atoms with Crippen molar-refractivity contribution in [1.29, 1.82) is 0 Å². The highest BCUT2D eigenvalue weighted by atomic mass is 16.7. The molecule has 0 spiro atoms. The molecule has 0 saturated carbocycles. The molecule has 0 aromatic heterocycles. The molecular formula is C12H23NO10. The molecule has 11 heteroatoms. The van der Waals surface area contributed by atoms with Crippen LogP contribution in [-0.4, -0.2) is 110 Å². The van der Waals surface area contributed by atoms with Crippen LogP contribution in [0.15, 0.2) is 0 Å². The summed E-state index contributed by atoms with van der Waals surface area (Å²) >= 11 is 0. The lowest BCUT2D eigenvalue weighted by Gasteiger charge is -2.45. The van der Waals surface area contributed by atoms with Gasteiger partial charge in [-0.25, -0.2) is 0 Å². The van der Waals surface area contributed by atoms with Crippen molar-refractivity contribution < 1.29 is 50.0 Å². The predicted molar refractivity (Wildman–Crippen MR) is 70.6 cm³/mol. The number of rotatable bonds is 4. The van der Waals surface area contributed by atoms with Crippen molar-refractivity contribution in [2.75, 3.05) is 13.2 Å². The van der Waals surface area contributed by atoms with E-state index >= 15 is 0 Å². The molecule has 0 aromatic carbocycles. The number of aliphatic hydroxyl groups is 7. The second kappa shape index (κ2) is 7.63. The lowest BCUT2D eigenvalue weighted by atomic mass is 9.96. The van der Waals surface area contributed by atoms with Crippen LogP contribution in [0.1, 0.15) is 0 Å². The van der Waals surface area contributed by atoms with E-state index in [1.54, 1.807) is 0 Å². The molecule has 23 heavy (non-hydrogen) atoms. The van der Waals surface area contributed by atoms with Crippen molar-refractivity contribution in [1.82, 2.24) is 0 Å². The third-order valence-corrected chi connectivity index (χ3v) is 4.06. The fourth-order valence-electron chi connectivity index (χ4n) is 2.60. The van der Waals surface area contributed by atoms with Crippen LogP contribution >= 0.6 is 0 Å². The topological polar surface area (TPSA) is 195 Å². The molecule has 9 N–H and O–H groups in total. The number of hydrogen-bond donors (Lipinski definition) is 8. The highest BCUT2D eigenvalue weighted by Gasteiger charge is 2.49. The van der Waals surface area contributed by atoms with Crippen LogP contribution in [0.25, 0.3) is 0 Å². The summed E-state index contributed by atoms with van der Waals surface area (Å²) in [5.41, 5.74) is 5.55. The van der Waals surface area contributed by atoms with Crippen LogP contribution in [0.3, 0.4) is 0 Å². The van der Waals surface area contributed by atoms with Crippen LogP contribution in [0.4, 0.5) is 0 Å². The van der Waals surface area contributed by atoms with Gasteiger partial charge in [-0.05, 0) is 0 Å². The SMILES string of the molecule is N[C@@H]1[C@@H](O)[C@H](O[C@H]2O[C@H](CO)[C@@H](O)[C@H](O)[C@@H]2O)[C@@H](CO)O[C@@H]1O. The maximum Gasteiger partial charge on any atom is 0.187 e. The second-order valence-corrected chi connectivity index (χ2v) is 5.61. The number of nitrogens with two attached hydrogens (primary N) is 1. The largest absolute Gasteiger partial charge is 0.394 e. The minimum absolute atomic E-state index is 0.622. The first-order valence-corrected chi connectivity index (χ1v) is 7.15. The Hall–Kier alpha value is -0.440. The Morgan fingerprint density at radius 1 is 0.783 bits per heavy atom. The van der Waals surface area contributed by atoms with E-state index in [0.717, 1.165) is 0 Å². The normalized spacial score (nSPS) is 51.7. The maximum atomic E-state index is 10.1. The molecule has 2 heterocycles. The highest BCUT2D eigenvalue weighted by molar-refractivity contribution is 4.94. The Morgan fingerprint density at radius 2 is 1.39 bits per heavy atom. The molecule has 2 fully saturated rings. The third-order valence-electron chi connectivity index (χ3n) is 4.06. The Kier molecular flexibility index (Phi) is 6.27. The molecule has 2 rings (SSSR count). The van der Waals surface area contributed by atoms with Gasteiger partial charge in [-0.2, -0.15) is 0 Å². The van der Waals surface area contributed by atoms with E-state index in [-0.39, 0.29) is 0 Å². The molecule has 0 aliphatic carbocycles. The third kappa shape index (κ3) is 3.65. The first-order valence-electron chi connectivity index (χ1n) is 7.15. The maximum absolute atomic E-state index is 10.1. The van der Waals surface area contributed by atoms with Crippen LogP contribution in [0.5, 0.6) is 0 Å². The number of aliphatic hydroxyl groups excluding tert-OH is 7. The van der Waals surface area contributed by atoms with Crippen LogP contribution in [0, 0.1) is 0 Å². The molecule has 2 aliphatic rings. The van der Waals surface area contributed by atoms with E-state index in [0.29, 0.717) is 0 Å². The molecule has 0 bridgehead atoms. The zero-order valence-corrected chi connectivity index (χ0v) is 12.1. The molecule has 11 nitrogen and oxygen atoms in total. The van der Waals surface area contributed by atoms with E-state index < -0.39 is 74.6 Å². The van der Waals surface area contributed by atoms with Gasteiger partial charge in [-0.1, -0.05) is 0 Å². The Labute approximate surface area is 131 Å². The predicted octanol–water partition coefficient (Wildman–Crippen LogP) is -5.43. The Balaban J connectivity index is 2.11. The molecule has 10 atom stereocenters. The summed E-state index contributed by atoms with van der Waals surface area (Å²) in [6.45, 7) is -1.26. The minimum Gasteiger partial charge on any atom is -0.394 e. The van der Waals surface area contributed by atoms with Gasteiger partial charge in [0, 0.05) is 0 Å². The summed E-state index contributed by atoms with van der Waals surface area (Å²) in [6, 6.07) is -1.23. The lowest BCUT2D eigenvalue weighted by Crippen LogP contribution is -2.66.